The van der Waals surface area contributed by atoms with Crippen LogP contribution in [0, 0.1) is 6.92 Å². The van der Waals surface area contributed by atoms with Gasteiger partial charge in [0.25, 0.3) is 5.91 Å². The van der Waals surface area contributed by atoms with Crippen LogP contribution >= 0.6 is 11.6 Å². The molecule has 0 spiro atoms. The second-order valence-corrected chi connectivity index (χ2v) is 8.85. The van der Waals surface area contributed by atoms with E-state index in [9.17, 15) is 34.8 Å². The van der Waals surface area contributed by atoms with Gasteiger partial charge in [-0.15, -0.1) is 0 Å². The van der Waals surface area contributed by atoms with Gasteiger partial charge in [0.1, 0.15) is 30.0 Å². The standard InChI is InChI=1S/C25H27ClN2O9/c1-11-18(15-9-14(37-2)7-8-16(15)27-11)19(20(31)12-3-5-13(26)6-4-12)24(35)28-25(36)23(34)22(33)21(32)17(30)10-29/h3-9,17,19,21-23,27,29-30,32-34H,10H2,1-2H3,(H,28,35,36)/t17-,19?,21-,22+,23-/m1/s1. The topological polar surface area (TPSA) is 189 Å². The number of fused-ring (bicyclic) bond motifs is 1. The van der Waals surface area contributed by atoms with Crippen molar-refractivity contribution in [1.82, 2.24) is 10.3 Å². The summed E-state index contributed by atoms with van der Waals surface area (Å²) in [4.78, 5) is 42.7. The minimum Gasteiger partial charge on any atom is -0.497 e. The summed E-state index contributed by atoms with van der Waals surface area (Å²) in [6.45, 7) is 0.691. The summed E-state index contributed by atoms with van der Waals surface area (Å²) >= 11 is 5.93. The molecule has 1 heterocycles. The number of aromatic amines is 1. The molecule has 2 aromatic carbocycles. The molecule has 3 aromatic rings. The van der Waals surface area contributed by atoms with E-state index in [1.165, 1.54) is 31.4 Å². The Balaban J connectivity index is 2.02. The van der Waals surface area contributed by atoms with E-state index < -0.39 is 54.5 Å². The lowest BCUT2D eigenvalue weighted by Gasteiger charge is -2.25. The number of aliphatic hydroxyl groups excluding tert-OH is 5. The van der Waals surface area contributed by atoms with Crippen LogP contribution in [0.5, 0.6) is 5.75 Å². The van der Waals surface area contributed by atoms with Gasteiger partial charge in [-0.1, -0.05) is 11.6 Å². The van der Waals surface area contributed by atoms with Crippen LogP contribution in [-0.4, -0.2) is 86.2 Å². The third-order valence-electron chi connectivity index (χ3n) is 5.95. The number of aryl methyl sites for hydroxylation is 1. The molecule has 0 saturated carbocycles. The third kappa shape index (κ3) is 5.99. The Labute approximate surface area is 216 Å². The van der Waals surface area contributed by atoms with Gasteiger partial charge in [0.15, 0.2) is 11.9 Å². The van der Waals surface area contributed by atoms with Crippen molar-refractivity contribution in [3.8, 4) is 5.75 Å². The highest BCUT2D eigenvalue weighted by Gasteiger charge is 2.38. The van der Waals surface area contributed by atoms with Crippen LogP contribution in [-0.2, 0) is 9.59 Å². The zero-order chi connectivity index (χ0) is 27.4. The van der Waals surface area contributed by atoms with Crippen LogP contribution in [0.25, 0.3) is 10.9 Å². The molecule has 1 unspecified atom stereocenters. The van der Waals surface area contributed by atoms with Gasteiger partial charge in [-0.2, -0.15) is 0 Å². The predicted molar refractivity (Wildman–Crippen MR) is 132 cm³/mol. The van der Waals surface area contributed by atoms with Crippen molar-refractivity contribution in [2.45, 2.75) is 37.3 Å². The third-order valence-corrected chi connectivity index (χ3v) is 6.21. The fraction of sp³-hybridized carbons (Fsp3) is 0.320. The maximum atomic E-state index is 13.6. The van der Waals surface area contributed by atoms with Gasteiger partial charge in [0.05, 0.1) is 13.7 Å². The van der Waals surface area contributed by atoms with Gasteiger partial charge in [-0.25, -0.2) is 0 Å². The summed E-state index contributed by atoms with van der Waals surface area (Å²) in [7, 11) is 1.46. The lowest BCUT2D eigenvalue weighted by molar-refractivity contribution is -0.151. The molecule has 7 N–H and O–H groups in total. The Bertz CT molecular complexity index is 1290. The van der Waals surface area contributed by atoms with E-state index in [4.69, 9.17) is 21.4 Å². The van der Waals surface area contributed by atoms with Gasteiger partial charge in [-0.3, -0.25) is 19.7 Å². The number of carbonyl (C=O) groups excluding carboxylic acids is 3. The smallest absolute Gasteiger partial charge is 0.258 e. The van der Waals surface area contributed by atoms with Crippen molar-refractivity contribution < 1.29 is 44.7 Å². The Morgan fingerprint density at radius 1 is 1.00 bits per heavy atom. The summed E-state index contributed by atoms with van der Waals surface area (Å²) in [6.07, 6.45) is -8.54. The van der Waals surface area contributed by atoms with E-state index in [0.29, 0.717) is 27.4 Å². The number of rotatable bonds is 10. The Morgan fingerprint density at radius 2 is 1.65 bits per heavy atom. The van der Waals surface area contributed by atoms with Crippen LogP contribution in [0.4, 0.5) is 0 Å². The van der Waals surface area contributed by atoms with Gasteiger partial charge >= 0.3 is 0 Å². The molecule has 198 valence electrons. The van der Waals surface area contributed by atoms with Crippen LogP contribution in [0.3, 0.4) is 0 Å². The molecule has 0 saturated heterocycles. The van der Waals surface area contributed by atoms with Gasteiger partial charge in [0, 0.05) is 32.7 Å². The van der Waals surface area contributed by atoms with Crippen LogP contribution in [0.15, 0.2) is 42.5 Å². The average molecular weight is 535 g/mol. The van der Waals surface area contributed by atoms with E-state index in [1.807, 2.05) is 5.32 Å². The molecular weight excluding hydrogens is 508 g/mol. The van der Waals surface area contributed by atoms with Crippen molar-refractivity contribution in [1.29, 1.82) is 0 Å². The molecule has 5 atom stereocenters. The summed E-state index contributed by atoms with van der Waals surface area (Å²) in [5, 5.41) is 51.1. The Morgan fingerprint density at radius 3 is 2.24 bits per heavy atom. The molecule has 11 nitrogen and oxygen atoms in total. The van der Waals surface area contributed by atoms with E-state index in [2.05, 4.69) is 4.98 Å². The number of amides is 2. The number of methoxy groups -OCH3 is 1. The van der Waals surface area contributed by atoms with Crippen molar-refractivity contribution in [3.05, 3.63) is 64.3 Å². The molecule has 3 rings (SSSR count). The predicted octanol–water partition coefficient (Wildman–Crippen LogP) is 0.184. The average Bonchev–Trinajstić information content (AvgIpc) is 3.21. The number of ketones is 1. The number of Topliss-reactive ketones (excluding diaryl/α,β-unsaturated/α-hetero) is 1. The summed E-state index contributed by atoms with van der Waals surface area (Å²) < 4.78 is 5.27. The molecular formula is C25H27ClN2O9. The number of aromatic nitrogens is 1. The Hall–Kier alpha value is -3.32. The maximum Gasteiger partial charge on any atom is 0.258 e. The number of benzene rings is 2. The lowest BCUT2D eigenvalue weighted by atomic mass is 9.87. The van der Waals surface area contributed by atoms with Gasteiger partial charge in [-0.05, 0) is 49.4 Å². The summed E-state index contributed by atoms with van der Waals surface area (Å²) in [6, 6.07) is 10.8. The first kappa shape index (κ1) is 28.3. The normalized spacial score (nSPS) is 15.5. The number of imide groups is 1. The van der Waals surface area contributed by atoms with E-state index in [1.54, 1.807) is 25.1 Å². The monoisotopic (exact) mass is 534 g/mol. The van der Waals surface area contributed by atoms with Crippen LogP contribution in [0.2, 0.25) is 5.02 Å². The van der Waals surface area contributed by atoms with E-state index in [0.717, 1.165) is 0 Å². The van der Waals surface area contributed by atoms with Crippen molar-refractivity contribution in [3.63, 3.8) is 0 Å². The molecule has 1 aromatic heterocycles. The molecule has 2 amide bonds. The van der Waals surface area contributed by atoms with Gasteiger partial charge < -0.3 is 35.3 Å². The van der Waals surface area contributed by atoms with Crippen molar-refractivity contribution in [2.24, 2.45) is 0 Å². The lowest BCUT2D eigenvalue weighted by Crippen LogP contribution is -2.53. The number of carbonyl (C=O) groups is 3. The minimum atomic E-state index is -2.37. The number of halogens is 1. The second kappa shape index (κ2) is 11.8. The summed E-state index contributed by atoms with van der Waals surface area (Å²) in [5.74, 6) is -4.34. The second-order valence-electron chi connectivity index (χ2n) is 8.41. The molecule has 0 fully saturated rings. The van der Waals surface area contributed by atoms with Crippen molar-refractivity contribution >= 4 is 40.1 Å². The number of H-pyrrole nitrogens is 1. The highest BCUT2D eigenvalue weighted by atomic mass is 35.5. The minimum absolute atomic E-state index is 0.121. The highest BCUT2D eigenvalue weighted by molar-refractivity contribution is 6.30. The molecule has 0 aliphatic carbocycles. The number of ether oxygens (including phenoxy) is 1. The van der Waals surface area contributed by atoms with E-state index >= 15 is 0 Å². The first-order valence-electron chi connectivity index (χ1n) is 11.1. The highest BCUT2D eigenvalue weighted by Crippen LogP contribution is 2.34. The van der Waals surface area contributed by atoms with Crippen LogP contribution < -0.4 is 10.1 Å². The first-order valence-corrected chi connectivity index (χ1v) is 11.5. The zero-order valence-corrected chi connectivity index (χ0v) is 20.6. The van der Waals surface area contributed by atoms with Crippen molar-refractivity contribution in [2.75, 3.05) is 13.7 Å². The maximum absolute atomic E-state index is 13.6. The number of hydrogen-bond acceptors (Lipinski definition) is 9. The molecule has 0 bridgehead atoms. The fourth-order valence-corrected chi connectivity index (χ4v) is 4.06. The summed E-state index contributed by atoms with van der Waals surface area (Å²) in [5.41, 5.74) is 1.43. The quantitative estimate of drug-likeness (QED) is 0.140. The molecule has 0 aliphatic rings. The molecule has 0 aliphatic heterocycles. The SMILES string of the molecule is COc1ccc2[nH]c(C)c(C(C(=O)NC(=O)[C@H](O)[C@@H](O)[C@H](O)[C@H](O)CO)C(=O)c3ccc(Cl)cc3)c2c1. The largest absolute Gasteiger partial charge is 0.497 e. The number of hydrogen-bond donors (Lipinski definition) is 7. The van der Waals surface area contributed by atoms with Gasteiger partial charge in [0.2, 0.25) is 5.91 Å². The molecule has 37 heavy (non-hydrogen) atoms. The van der Waals surface area contributed by atoms with E-state index in [-0.39, 0.29) is 11.1 Å². The Kier molecular flexibility index (Phi) is 9.02. The first-order chi connectivity index (χ1) is 17.5. The number of aliphatic hydroxyl groups is 5. The number of nitrogens with one attached hydrogen (secondary N) is 2. The fourth-order valence-electron chi connectivity index (χ4n) is 3.93. The molecule has 12 heteroatoms. The molecule has 0 radical (unpaired) electrons. The zero-order valence-electron chi connectivity index (χ0n) is 19.9. The van der Waals surface area contributed by atoms with Crippen LogP contribution in [0.1, 0.15) is 27.5 Å².